The molecule has 1 rings (SSSR count). The molecule has 4 heteroatoms. The molecule has 0 bridgehead atoms. The zero-order chi connectivity index (χ0) is 14.4. The van der Waals surface area contributed by atoms with E-state index >= 15 is 0 Å². The number of methoxy groups -OCH3 is 1. The van der Waals surface area contributed by atoms with Crippen molar-refractivity contribution in [2.24, 2.45) is 5.92 Å². The van der Waals surface area contributed by atoms with Crippen molar-refractivity contribution in [3.05, 3.63) is 23.8 Å². The van der Waals surface area contributed by atoms with E-state index in [9.17, 15) is 4.79 Å². The van der Waals surface area contributed by atoms with Crippen LogP contribution in [0, 0.1) is 5.92 Å². The van der Waals surface area contributed by atoms with Gasteiger partial charge in [-0.1, -0.05) is 26.7 Å². The monoisotopic (exact) mass is 264 g/mol. The molecule has 4 nitrogen and oxygen atoms in total. The first kappa shape index (κ1) is 15.3. The standard InChI is InChI=1S/C15H24N2O2/c1-5-11(6-2)10(3)17-15(18)12-7-8-13(16)14(9-12)19-4/h7-11H,5-6,16H2,1-4H3,(H,17,18). The largest absolute Gasteiger partial charge is 0.495 e. The molecule has 0 aliphatic carbocycles. The number of nitrogen functional groups attached to an aromatic ring is 1. The Hall–Kier alpha value is -1.71. The summed E-state index contributed by atoms with van der Waals surface area (Å²) in [5, 5.41) is 3.03. The Labute approximate surface area is 115 Å². The highest BCUT2D eigenvalue weighted by Gasteiger charge is 2.17. The Bertz CT molecular complexity index is 428. The van der Waals surface area contributed by atoms with Gasteiger partial charge < -0.3 is 15.8 Å². The molecule has 0 radical (unpaired) electrons. The summed E-state index contributed by atoms with van der Waals surface area (Å²) in [6, 6.07) is 5.23. The summed E-state index contributed by atoms with van der Waals surface area (Å²) in [7, 11) is 1.54. The second-order valence-electron chi connectivity index (χ2n) is 4.80. The molecule has 0 saturated carbocycles. The van der Waals surface area contributed by atoms with Crippen LogP contribution in [0.1, 0.15) is 44.0 Å². The number of nitrogens with two attached hydrogens (primary N) is 1. The molecule has 1 unspecified atom stereocenters. The van der Waals surface area contributed by atoms with Crippen molar-refractivity contribution >= 4 is 11.6 Å². The minimum absolute atomic E-state index is 0.0855. The molecule has 106 valence electrons. The van der Waals surface area contributed by atoms with Gasteiger partial charge >= 0.3 is 0 Å². The molecule has 0 spiro atoms. The molecule has 0 heterocycles. The molecular formula is C15H24N2O2. The molecule has 3 N–H and O–H groups in total. The van der Waals surface area contributed by atoms with Gasteiger partial charge in [-0.3, -0.25) is 4.79 Å². The third-order valence-corrected chi connectivity index (χ3v) is 3.61. The fourth-order valence-corrected chi connectivity index (χ4v) is 2.26. The van der Waals surface area contributed by atoms with Crippen LogP contribution in [0.4, 0.5) is 5.69 Å². The second-order valence-corrected chi connectivity index (χ2v) is 4.80. The number of carbonyl (C=O) groups is 1. The molecule has 1 aromatic carbocycles. The molecule has 0 aromatic heterocycles. The lowest BCUT2D eigenvalue weighted by atomic mass is 9.95. The molecule has 0 aliphatic heterocycles. The highest BCUT2D eigenvalue weighted by Crippen LogP contribution is 2.22. The summed E-state index contributed by atoms with van der Waals surface area (Å²) < 4.78 is 5.13. The van der Waals surface area contributed by atoms with Gasteiger partial charge in [0, 0.05) is 11.6 Å². The van der Waals surface area contributed by atoms with E-state index in [1.807, 2.05) is 6.92 Å². The summed E-state index contributed by atoms with van der Waals surface area (Å²) in [5.74, 6) is 0.945. The van der Waals surface area contributed by atoms with Crippen molar-refractivity contribution in [3.8, 4) is 5.75 Å². The van der Waals surface area contributed by atoms with Crippen LogP contribution in [-0.2, 0) is 0 Å². The number of carbonyl (C=O) groups excluding carboxylic acids is 1. The third kappa shape index (κ3) is 3.88. The van der Waals surface area contributed by atoms with Gasteiger partial charge in [0.25, 0.3) is 5.91 Å². The molecule has 0 saturated heterocycles. The first-order valence-corrected chi connectivity index (χ1v) is 6.77. The fourth-order valence-electron chi connectivity index (χ4n) is 2.26. The van der Waals surface area contributed by atoms with Gasteiger partial charge in [0.1, 0.15) is 5.75 Å². The van der Waals surface area contributed by atoms with Gasteiger partial charge in [-0.15, -0.1) is 0 Å². The van der Waals surface area contributed by atoms with E-state index in [1.165, 1.54) is 0 Å². The molecule has 1 aromatic rings. The number of benzene rings is 1. The minimum atomic E-state index is -0.0855. The molecular weight excluding hydrogens is 240 g/mol. The van der Waals surface area contributed by atoms with Crippen molar-refractivity contribution < 1.29 is 9.53 Å². The van der Waals surface area contributed by atoms with Crippen LogP contribution in [0.5, 0.6) is 5.75 Å². The Morgan fingerprint density at radius 3 is 2.53 bits per heavy atom. The van der Waals surface area contributed by atoms with Gasteiger partial charge in [-0.2, -0.15) is 0 Å². The van der Waals surface area contributed by atoms with Gasteiger partial charge in [0.05, 0.1) is 12.8 Å². The van der Waals surface area contributed by atoms with Crippen molar-refractivity contribution in [1.29, 1.82) is 0 Å². The van der Waals surface area contributed by atoms with Gasteiger partial charge in [-0.25, -0.2) is 0 Å². The van der Waals surface area contributed by atoms with Crippen LogP contribution in [0.3, 0.4) is 0 Å². The van der Waals surface area contributed by atoms with E-state index in [-0.39, 0.29) is 11.9 Å². The molecule has 1 amide bonds. The maximum atomic E-state index is 12.2. The number of hydrogen-bond acceptors (Lipinski definition) is 3. The number of amides is 1. The average Bonchev–Trinajstić information content (AvgIpc) is 2.40. The normalized spacial score (nSPS) is 12.3. The van der Waals surface area contributed by atoms with Crippen molar-refractivity contribution in [1.82, 2.24) is 5.32 Å². The van der Waals surface area contributed by atoms with E-state index < -0.39 is 0 Å². The smallest absolute Gasteiger partial charge is 0.251 e. The quantitative estimate of drug-likeness (QED) is 0.776. The summed E-state index contributed by atoms with van der Waals surface area (Å²) in [4.78, 5) is 12.2. The van der Waals surface area contributed by atoms with Crippen molar-refractivity contribution in [2.75, 3.05) is 12.8 Å². The summed E-state index contributed by atoms with van der Waals surface area (Å²) in [6.07, 6.45) is 2.12. The van der Waals surface area contributed by atoms with Crippen molar-refractivity contribution in [3.63, 3.8) is 0 Å². The number of rotatable bonds is 6. The zero-order valence-corrected chi connectivity index (χ0v) is 12.2. The van der Waals surface area contributed by atoms with E-state index in [2.05, 4.69) is 19.2 Å². The van der Waals surface area contributed by atoms with E-state index in [0.717, 1.165) is 12.8 Å². The van der Waals surface area contributed by atoms with E-state index in [1.54, 1.807) is 25.3 Å². The lowest BCUT2D eigenvalue weighted by Crippen LogP contribution is -2.37. The highest BCUT2D eigenvalue weighted by atomic mass is 16.5. The Morgan fingerprint density at radius 2 is 2.00 bits per heavy atom. The lowest BCUT2D eigenvalue weighted by molar-refractivity contribution is 0.0925. The van der Waals surface area contributed by atoms with Crippen LogP contribution in [0.15, 0.2) is 18.2 Å². The number of ether oxygens (including phenoxy) is 1. The topological polar surface area (TPSA) is 64.4 Å². The maximum absolute atomic E-state index is 12.2. The van der Waals surface area contributed by atoms with Crippen molar-refractivity contribution in [2.45, 2.75) is 39.7 Å². The first-order valence-electron chi connectivity index (χ1n) is 6.77. The van der Waals surface area contributed by atoms with Crippen LogP contribution in [-0.4, -0.2) is 19.1 Å². The summed E-state index contributed by atoms with van der Waals surface area (Å²) in [5.41, 5.74) is 6.84. The zero-order valence-electron chi connectivity index (χ0n) is 12.2. The fraction of sp³-hybridized carbons (Fsp3) is 0.533. The SMILES string of the molecule is CCC(CC)C(C)NC(=O)c1ccc(N)c(OC)c1. The predicted octanol–water partition coefficient (Wildman–Crippen LogP) is 2.83. The van der Waals surface area contributed by atoms with Gasteiger partial charge in [0.2, 0.25) is 0 Å². The lowest BCUT2D eigenvalue weighted by Gasteiger charge is -2.22. The molecule has 0 fully saturated rings. The van der Waals surface area contributed by atoms with E-state index in [0.29, 0.717) is 22.9 Å². The molecule has 0 aliphatic rings. The Morgan fingerprint density at radius 1 is 1.37 bits per heavy atom. The van der Waals surface area contributed by atoms with E-state index in [4.69, 9.17) is 10.5 Å². The number of anilines is 1. The second kappa shape index (κ2) is 7.02. The van der Waals surface area contributed by atoms with Crippen LogP contribution < -0.4 is 15.8 Å². The molecule has 19 heavy (non-hydrogen) atoms. The van der Waals surface area contributed by atoms with Crippen LogP contribution in [0.25, 0.3) is 0 Å². The number of nitrogens with one attached hydrogen (secondary N) is 1. The van der Waals surface area contributed by atoms with Crippen LogP contribution >= 0.6 is 0 Å². The molecule has 1 atom stereocenters. The van der Waals surface area contributed by atoms with Gasteiger partial charge in [0.15, 0.2) is 0 Å². The highest BCUT2D eigenvalue weighted by molar-refractivity contribution is 5.95. The maximum Gasteiger partial charge on any atom is 0.251 e. The first-order chi connectivity index (χ1) is 9.03. The number of hydrogen-bond donors (Lipinski definition) is 2. The van der Waals surface area contributed by atoms with Crippen LogP contribution in [0.2, 0.25) is 0 Å². The summed E-state index contributed by atoms with van der Waals surface area (Å²) in [6.45, 7) is 6.33. The minimum Gasteiger partial charge on any atom is -0.495 e. The summed E-state index contributed by atoms with van der Waals surface area (Å²) >= 11 is 0. The predicted molar refractivity (Wildman–Crippen MR) is 78.4 cm³/mol. The Balaban J connectivity index is 2.78. The average molecular weight is 264 g/mol. The third-order valence-electron chi connectivity index (χ3n) is 3.61. The van der Waals surface area contributed by atoms with Gasteiger partial charge in [-0.05, 0) is 31.0 Å². The Kier molecular flexibility index (Phi) is 5.67.